The van der Waals surface area contributed by atoms with Gasteiger partial charge in [-0.1, -0.05) is 53.7 Å². The van der Waals surface area contributed by atoms with Crippen LogP contribution in [0.2, 0.25) is 0 Å². The van der Waals surface area contributed by atoms with Crippen LogP contribution < -0.4 is 4.52 Å². The third-order valence-corrected chi connectivity index (χ3v) is 3.31. The first-order chi connectivity index (χ1) is 10.0. The number of hydrogen-bond acceptors (Lipinski definition) is 5. The first-order valence-electron chi connectivity index (χ1n) is 6.81. The third kappa shape index (κ3) is 9.38. The molecule has 9 heteroatoms. The lowest BCUT2D eigenvalue weighted by Gasteiger charge is -2.27. The van der Waals surface area contributed by atoms with Crippen molar-refractivity contribution in [1.29, 1.82) is 0 Å². The highest BCUT2D eigenvalue weighted by Crippen LogP contribution is 2.43. The fourth-order valence-corrected chi connectivity index (χ4v) is 2.21. The molecule has 0 fully saturated rings. The molecule has 23 heavy (non-hydrogen) atoms. The number of rotatable bonds is 2. The summed E-state index contributed by atoms with van der Waals surface area (Å²) in [5, 5.41) is 0. The smallest absolute Gasteiger partial charge is 0.404 e. The zero-order valence-corrected chi connectivity index (χ0v) is 16.0. The van der Waals surface area contributed by atoms with Crippen LogP contribution in [-0.2, 0) is 15.4 Å². The largest absolute Gasteiger partial charge is 0.524 e. The molecule has 0 saturated heterocycles. The molecule has 0 aliphatic carbocycles. The maximum absolute atomic E-state index is 11.0. The van der Waals surface area contributed by atoms with E-state index in [0.29, 0.717) is 0 Å². The van der Waals surface area contributed by atoms with E-state index < -0.39 is 16.4 Å². The molecule has 0 saturated carbocycles. The van der Waals surface area contributed by atoms with Crippen LogP contribution in [0.4, 0.5) is 0 Å². The molecule has 0 aliphatic heterocycles. The number of phosphoric acid groups is 1. The molecular weight excluding hydrogens is 342 g/mol. The second-order valence-corrected chi connectivity index (χ2v) is 8.76. The summed E-state index contributed by atoms with van der Waals surface area (Å²) in [5.41, 5.74) is 1.62. The maximum Gasteiger partial charge on any atom is 0.524 e. The van der Waals surface area contributed by atoms with Crippen molar-refractivity contribution in [3.8, 4) is 5.75 Å². The van der Waals surface area contributed by atoms with Crippen molar-refractivity contribution >= 4 is 16.4 Å². The van der Waals surface area contributed by atoms with E-state index >= 15 is 0 Å². The molecule has 1 aromatic carbocycles. The summed E-state index contributed by atoms with van der Waals surface area (Å²) in [4.78, 5) is 39.7. The molecule has 0 atom stereocenters. The molecular formula is C14H26O7P2. The van der Waals surface area contributed by atoms with E-state index in [1.807, 2.05) is 32.9 Å². The van der Waals surface area contributed by atoms with Gasteiger partial charge in [-0.25, -0.2) is 4.57 Å². The first kappa shape index (κ1) is 22.5. The van der Waals surface area contributed by atoms with Crippen LogP contribution >= 0.6 is 16.4 Å². The lowest BCUT2D eigenvalue weighted by molar-refractivity contribution is 0.280. The zero-order valence-electron chi connectivity index (χ0n) is 14.2. The van der Waals surface area contributed by atoms with Crippen LogP contribution in [-0.4, -0.2) is 24.5 Å². The number of hydrogen-bond donors (Lipinski definition) is 5. The van der Waals surface area contributed by atoms with E-state index in [0.717, 1.165) is 11.1 Å². The van der Waals surface area contributed by atoms with Gasteiger partial charge >= 0.3 is 16.4 Å². The summed E-state index contributed by atoms with van der Waals surface area (Å²) in [6, 6.07) is 5.45. The minimum absolute atomic E-state index is 0.0271. The standard InChI is InChI=1S/C14H23O4P.H3O3P/c1-13(2,3)10-7-8-12(18-19(15,16)17)11(9-10)14(4,5)6;1-4(2)3/h7-9H,1-6H3,(H2,15,16,17);1-3H. The van der Waals surface area contributed by atoms with Crippen molar-refractivity contribution in [1.82, 2.24) is 0 Å². The quantitative estimate of drug-likeness (QED) is 0.508. The van der Waals surface area contributed by atoms with Gasteiger partial charge in [-0.3, -0.25) is 9.79 Å². The van der Waals surface area contributed by atoms with E-state index in [1.54, 1.807) is 6.07 Å². The van der Waals surface area contributed by atoms with Gasteiger partial charge in [0.2, 0.25) is 0 Å². The summed E-state index contributed by atoms with van der Waals surface area (Å²) in [5.74, 6) is 0.244. The van der Waals surface area contributed by atoms with E-state index in [4.69, 9.17) is 29.0 Å². The van der Waals surface area contributed by atoms with Crippen molar-refractivity contribution < 1.29 is 33.6 Å². The van der Waals surface area contributed by atoms with Crippen molar-refractivity contribution in [2.45, 2.75) is 52.4 Å². The van der Waals surface area contributed by atoms with Gasteiger partial charge in [0.15, 0.2) is 0 Å². The second kappa shape index (κ2) is 8.04. The van der Waals surface area contributed by atoms with E-state index in [9.17, 15) is 4.57 Å². The minimum atomic E-state index is -4.54. The summed E-state index contributed by atoms with van der Waals surface area (Å²) in [7, 11) is -7.16. The first-order valence-corrected chi connectivity index (χ1v) is 9.54. The van der Waals surface area contributed by atoms with Crippen molar-refractivity contribution in [2.24, 2.45) is 0 Å². The fraction of sp³-hybridized carbons (Fsp3) is 0.571. The highest BCUT2D eigenvalue weighted by Gasteiger charge is 2.26. The molecule has 1 rings (SSSR count). The molecule has 5 N–H and O–H groups in total. The molecule has 1 aromatic rings. The lowest BCUT2D eigenvalue weighted by Crippen LogP contribution is -2.17. The highest BCUT2D eigenvalue weighted by molar-refractivity contribution is 7.46. The van der Waals surface area contributed by atoms with Gasteiger partial charge in [-0.05, 0) is 22.5 Å². The summed E-state index contributed by atoms with van der Waals surface area (Å²) in [6.07, 6.45) is 0. The molecule has 0 amide bonds. The number of benzene rings is 1. The monoisotopic (exact) mass is 368 g/mol. The second-order valence-electron chi connectivity index (χ2n) is 7.06. The van der Waals surface area contributed by atoms with Crippen LogP contribution in [0, 0.1) is 0 Å². The SMILES string of the molecule is CC(C)(C)c1ccc(OP(=O)(O)O)c(C(C)(C)C)c1.OP(O)O. The summed E-state index contributed by atoms with van der Waals surface area (Å²) in [6.45, 7) is 12.2. The molecule has 0 spiro atoms. The Morgan fingerprint density at radius 2 is 1.39 bits per heavy atom. The van der Waals surface area contributed by atoms with Crippen LogP contribution in [0.25, 0.3) is 0 Å². The Morgan fingerprint density at radius 3 is 1.70 bits per heavy atom. The predicted molar refractivity (Wildman–Crippen MR) is 90.1 cm³/mol. The summed E-state index contributed by atoms with van der Waals surface area (Å²) >= 11 is 0. The lowest BCUT2D eigenvalue weighted by atomic mass is 9.80. The van der Waals surface area contributed by atoms with E-state index in [-0.39, 0.29) is 16.6 Å². The van der Waals surface area contributed by atoms with E-state index in [1.165, 1.54) is 0 Å². The summed E-state index contributed by atoms with van der Waals surface area (Å²) < 4.78 is 15.8. The molecule has 0 unspecified atom stereocenters. The molecule has 7 nitrogen and oxygen atoms in total. The van der Waals surface area contributed by atoms with Gasteiger partial charge in [0, 0.05) is 5.56 Å². The van der Waals surface area contributed by atoms with Gasteiger partial charge in [0.25, 0.3) is 0 Å². The Kier molecular flexibility index (Phi) is 7.86. The van der Waals surface area contributed by atoms with Crippen LogP contribution in [0.5, 0.6) is 5.75 Å². The van der Waals surface area contributed by atoms with E-state index in [2.05, 4.69) is 20.8 Å². The zero-order chi connectivity index (χ0) is 18.6. The van der Waals surface area contributed by atoms with Crippen molar-refractivity contribution in [3.63, 3.8) is 0 Å². The average molecular weight is 368 g/mol. The molecule has 0 bridgehead atoms. The molecule has 0 aromatic heterocycles. The fourth-order valence-electron chi connectivity index (χ4n) is 1.79. The van der Waals surface area contributed by atoms with Crippen molar-refractivity contribution in [2.75, 3.05) is 0 Å². The Morgan fingerprint density at radius 1 is 0.957 bits per heavy atom. The number of phosphoric ester groups is 1. The normalized spacial score (nSPS) is 12.7. The Labute approximate surface area is 138 Å². The topological polar surface area (TPSA) is 127 Å². The molecule has 0 aliphatic rings. The Hall–Kier alpha value is -0.520. The van der Waals surface area contributed by atoms with Gasteiger partial charge < -0.3 is 19.2 Å². The Balaban J connectivity index is 0.00000108. The van der Waals surface area contributed by atoms with Crippen molar-refractivity contribution in [3.05, 3.63) is 29.3 Å². The van der Waals surface area contributed by atoms with Gasteiger partial charge in [0.05, 0.1) is 0 Å². The van der Waals surface area contributed by atoms with Gasteiger partial charge in [0.1, 0.15) is 5.75 Å². The van der Waals surface area contributed by atoms with Gasteiger partial charge in [-0.15, -0.1) is 0 Å². The molecule has 0 radical (unpaired) electrons. The average Bonchev–Trinajstić information content (AvgIpc) is 2.23. The Bertz CT molecular complexity index is 550. The third-order valence-electron chi connectivity index (χ3n) is 2.87. The van der Waals surface area contributed by atoms with Crippen LogP contribution in [0.3, 0.4) is 0 Å². The predicted octanol–water partition coefficient (Wildman–Crippen LogP) is 2.94. The molecule has 134 valence electrons. The molecule has 0 heterocycles. The minimum Gasteiger partial charge on any atom is -0.404 e. The maximum atomic E-state index is 11.0. The van der Waals surface area contributed by atoms with Crippen LogP contribution in [0.15, 0.2) is 18.2 Å². The van der Waals surface area contributed by atoms with Crippen LogP contribution in [0.1, 0.15) is 52.7 Å². The highest BCUT2D eigenvalue weighted by atomic mass is 31.2. The van der Waals surface area contributed by atoms with Gasteiger partial charge in [-0.2, -0.15) is 0 Å².